The second-order valence-corrected chi connectivity index (χ2v) is 6.83. The summed E-state index contributed by atoms with van der Waals surface area (Å²) in [5.74, 6) is 0.645. The number of pyridine rings is 1. The minimum absolute atomic E-state index is 0.0387. The lowest BCUT2D eigenvalue weighted by molar-refractivity contribution is -0.114. The molecule has 0 atom stereocenters. The number of carbonyl (C=O) groups excluding carboxylic acids is 1. The third-order valence-electron chi connectivity index (χ3n) is 4.22. The zero-order chi connectivity index (χ0) is 17.2. The van der Waals surface area contributed by atoms with E-state index in [0.29, 0.717) is 29.9 Å². The molecule has 4 nitrogen and oxygen atoms in total. The van der Waals surface area contributed by atoms with Crippen LogP contribution in [0.1, 0.15) is 10.4 Å². The van der Waals surface area contributed by atoms with Crippen molar-refractivity contribution in [1.82, 2.24) is 4.98 Å². The van der Waals surface area contributed by atoms with Gasteiger partial charge in [0.25, 0.3) is 0 Å². The average molecular weight is 348 g/mol. The third-order valence-corrected chi connectivity index (χ3v) is 5.10. The number of aromatic nitrogens is 1. The topological polar surface area (TPSA) is 53.4 Å². The fraction of sp³-hybridized carbons (Fsp3) is 0.100. The Hall–Kier alpha value is -2.92. The van der Waals surface area contributed by atoms with Crippen LogP contribution in [0.5, 0.6) is 0 Å². The van der Waals surface area contributed by atoms with E-state index >= 15 is 0 Å². The molecule has 1 aliphatic rings. The van der Waals surface area contributed by atoms with Gasteiger partial charge in [0.15, 0.2) is 5.78 Å². The van der Waals surface area contributed by atoms with Gasteiger partial charge in [-0.05, 0) is 35.7 Å². The molecule has 2 aromatic heterocycles. The molecule has 0 spiro atoms. The van der Waals surface area contributed by atoms with E-state index in [1.165, 1.54) is 0 Å². The quantitative estimate of drug-likeness (QED) is 0.760. The fourth-order valence-electron chi connectivity index (χ4n) is 2.99. The number of carbonyl (C=O) groups is 1. The van der Waals surface area contributed by atoms with Gasteiger partial charge < -0.3 is 10.0 Å². The van der Waals surface area contributed by atoms with Crippen LogP contribution < -0.4 is 4.90 Å². The van der Waals surface area contributed by atoms with Crippen LogP contribution in [-0.4, -0.2) is 22.4 Å². The lowest BCUT2D eigenvalue weighted by atomic mass is 9.97. The van der Waals surface area contributed by atoms with Gasteiger partial charge in [0.2, 0.25) is 0 Å². The summed E-state index contributed by atoms with van der Waals surface area (Å²) in [4.78, 5) is 20.2. The Bertz CT molecular complexity index is 933. The SMILES string of the molecule is O=C(Cc1cccs1)C1=C(O)c2cccnc2N(c2ccccc2)C1. The molecule has 1 N–H and O–H groups in total. The first kappa shape index (κ1) is 15.6. The van der Waals surface area contributed by atoms with Gasteiger partial charge in [0.1, 0.15) is 11.6 Å². The molecule has 0 amide bonds. The van der Waals surface area contributed by atoms with Crippen molar-refractivity contribution in [3.63, 3.8) is 0 Å². The summed E-state index contributed by atoms with van der Waals surface area (Å²) in [6, 6.07) is 17.2. The Balaban J connectivity index is 1.76. The molecule has 3 aromatic rings. The van der Waals surface area contributed by atoms with Crippen molar-refractivity contribution in [1.29, 1.82) is 0 Å². The van der Waals surface area contributed by atoms with Crippen LogP contribution >= 0.6 is 11.3 Å². The highest BCUT2D eigenvalue weighted by Crippen LogP contribution is 2.36. The molecule has 0 unspecified atom stereocenters. The number of rotatable bonds is 4. The Morgan fingerprint density at radius 2 is 1.96 bits per heavy atom. The molecule has 0 fully saturated rings. The van der Waals surface area contributed by atoms with Gasteiger partial charge in [-0.3, -0.25) is 4.79 Å². The maximum Gasteiger partial charge on any atom is 0.169 e. The highest BCUT2D eigenvalue weighted by molar-refractivity contribution is 7.10. The maximum absolute atomic E-state index is 12.8. The first-order chi connectivity index (χ1) is 12.2. The van der Waals surface area contributed by atoms with E-state index in [0.717, 1.165) is 10.6 Å². The van der Waals surface area contributed by atoms with Crippen molar-refractivity contribution in [3.05, 3.63) is 82.2 Å². The molecule has 25 heavy (non-hydrogen) atoms. The summed E-state index contributed by atoms with van der Waals surface area (Å²) in [5.41, 5.74) is 1.96. The minimum Gasteiger partial charge on any atom is -0.507 e. The minimum atomic E-state index is -0.0598. The van der Waals surface area contributed by atoms with E-state index in [4.69, 9.17) is 0 Å². The van der Waals surface area contributed by atoms with Gasteiger partial charge >= 0.3 is 0 Å². The van der Waals surface area contributed by atoms with Crippen molar-refractivity contribution in [2.75, 3.05) is 11.4 Å². The Morgan fingerprint density at radius 1 is 1.12 bits per heavy atom. The number of thiophene rings is 1. The maximum atomic E-state index is 12.8. The first-order valence-corrected chi connectivity index (χ1v) is 8.87. The zero-order valence-corrected chi connectivity index (χ0v) is 14.2. The fourth-order valence-corrected chi connectivity index (χ4v) is 3.69. The second-order valence-electron chi connectivity index (χ2n) is 5.80. The smallest absolute Gasteiger partial charge is 0.169 e. The number of hydrogen-bond acceptors (Lipinski definition) is 5. The van der Waals surface area contributed by atoms with E-state index in [9.17, 15) is 9.90 Å². The number of anilines is 2. The number of aliphatic hydroxyl groups is 1. The number of fused-ring (bicyclic) bond motifs is 1. The van der Waals surface area contributed by atoms with Gasteiger partial charge in [-0.2, -0.15) is 0 Å². The number of para-hydroxylation sites is 1. The number of hydrogen-bond donors (Lipinski definition) is 1. The lowest BCUT2D eigenvalue weighted by Gasteiger charge is -2.31. The molecule has 4 rings (SSSR count). The van der Waals surface area contributed by atoms with Gasteiger partial charge in [0, 0.05) is 23.2 Å². The van der Waals surface area contributed by atoms with E-state index in [1.807, 2.05) is 52.7 Å². The Labute approximate surface area is 149 Å². The molecule has 1 aromatic carbocycles. The van der Waals surface area contributed by atoms with Crippen LogP contribution in [0.15, 0.2) is 71.7 Å². The second kappa shape index (κ2) is 6.53. The monoisotopic (exact) mass is 348 g/mol. The Morgan fingerprint density at radius 3 is 2.72 bits per heavy atom. The average Bonchev–Trinajstić information content (AvgIpc) is 3.16. The zero-order valence-electron chi connectivity index (χ0n) is 13.4. The number of ketones is 1. The van der Waals surface area contributed by atoms with Crippen LogP contribution in [0, 0.1) is 0 Å². The lowest BCUT2D eigenvalue weighted by Crippen LogP contribution is -2.30. The molecule has 0 aliphatic carbocycles. The molecular formula is C20H16N2O2S. The molecule has 124 valence electrons. The van der Waals surface area contributed by atoms with E-state index in [1.54, 1.807) is 29.7 Å². The van der Waals surface area contributed by atoms with Gasteiger partial charge in [-0.1, -0.05) is 24.3 Å². The predicted molar refractivity (Wildman–Crippen MR) is 100 cm³/mol. The highest BCUT2D eigenvalue weighted by Gasteiger charge is 2.29. The highest BCUT2D eigenvalue weighted by atomic mass is 32.1. The van der Waals surface area contributed by atoms with E-state index in [-0.39, 0.29) is 11.5 Å². The summed E-state index contributed by atoms with van der Waals surface area (Å²) in [5, 5.41) is 12.6. The molecule has 3 heterocycles. The molecule has 0 radical (unpaired) electrons. The molecule has 1 aliphatic heterocycles. The number of nitrogens with zero attached hydrogens (tertiary/aromatic N) is 2. The van der Waals surface area contributed by atoms with Gasteiger partial charge in [0.05, 0.1) is 17.7 Å². The Kier molecular flexibility index (Phi) is 4.07. The normalized spacial score (nSPS) is 13.7. The van der Waals surface area contributed by atoms with Crippen LogP contribution in [-0.2, 0) is 11.2 Å². The standard InChI is InChI=1S/C20H16N2O2S/c23-18(12-15-8-5-11-25-15)17-13-22(14-6-2-1-3-7-14)20-16(19(17)24)9-4-10-21-20/h1-11,24H,12-13H2. The summed E-state index contributed by atoms with van der Waals surface area (Å²) >= 11 is 1.55. The summed E-state index contributed by atoms with van der Waals surface area (Å²) in [6.07, 6.45) is 2.00. The van der Waals surface area contributed by atoms with E-state index < -0.39 is 0 Å². The summed E-state index contributed by atoms with van der Waals surface area (Å²) in [6.45, 7) is 0.310. The van der Waals surface area contributed by atoms with Crippen molar-refractivity contribution in [3.8, 4) is 0 Å². The van der Waals surface area contributed by atoms with Crippen LogP contribution in [0.4, 0.5) is 11.5 Å². The summed E-state index contributed by atoms with van der Waals surface area (Å²) in [7, 11) is 0. The van der Waals surface area contributed by atoms with Crippen molar-refractivity contribution < 1.29 is 9.90 Å². The van der Waals surface area contributed by atoms with Crippen molar-refractivity contribution in [2.24, 2.45) is 0 Å². The largest absolute Gasteiger partial charge is 0.507 e. The third kappa shape index (κ3) is 2.94. The molecule has 0 bridgehead atoms. The predicted octanol–water partition coefficient (Wildman–Crippen LogP) is 4.38. The van der Waals surface area contributed by atoms with Gasteiger partial charge in [-0.25, -0.2) is 4.98 Å². The van der Waals surface area contributed by atoms with Crippen molar-refractivity contribution >= 4 is 34.4 Å². The van der Waals surface area contributed by atoms with Gasteiger partial charge in [-0.15, -0.1) is 11.3 Å². The molecule has 5 heteroatoms. The van der Waals surface area contributed by atoms with Crippen molar-refractivity contribution in [2.45, 2.75) is 6.42 Å². The number of Topliss-reactive ketones (excluding diaryl/α,β-unsaturated/α-hetero) is 1. The molecular weight excluding hydrogens is 332 g/mol. The molecule has 0 saturated heterocycles. The van der Waals surface area contributed by atoms with Crippen LogP contribution in [0.2, 0.25) is 0 Å². The molecule has 0 saturated carbocycles. The van der Waals surface area contributed by atoms with E-state index in [2.05, 4.69) is 4.98 Å². The van der Waals surface area contributed by atoms with Crippen LogP contribution in [0.25, 0.3) is 5.76 Å². The number of aliphatic hydroxyl groups excluding tert-OH is 1. The van der Waals surface area contributed by atoms with Crippen LogP contribution in [0.3, 0.4) is 0 Å². The number of benzene rings is 1. The first-order valence-electron chi connectivity index (χ1n) is 7.99. The summed E-state index contributed by atoms with van der Waals surface area (Å²) < 4.78 is 0.